The molecule has 0 saturated carbocycles. The molecule has 0 aliphatic rings. The molecule has 5 heteroatoms. The molecular formula is C17H30N2O3. The van der Waals surface area contributed by atoms with Crippen LogP contribution >= 0.6 is 0 Å². The fraction of sp³-hybridized carbons (Fsp3) is 0.647. The predicted octanol–water partition coefficient (Wildman–Crippen LogP) is 0.632. The summed E-state index contributed by atoms with van der Waals surface area (Å²) in [5, 5.41) is 28.7. The van der Waals surface area contributed by atoms with Crippen LogP contribution in [0.3, 0.4) is 0 Å². The Morgan fingerprint density at radius 1 is 0.955 bits per heavy atom. The van der Waals surface area contributed by atoms with Crippen LogP contribution in [0.25, 0.3) is 0 Å². The van der Waals surface area contributed by atoms with Crippen molar-refractivity contribution >= 4 is 0 Å². The van der Waals surface area contributed by atoms with Gasteiger partial charge in [-0.2, -0.15) is 0 Å². The summed E-state index contributed by atoms with van der Waals surface area (Å²) in [5.74, 6) is 0. The standard InChI is InChI=1S/C17H30N2O3/c1-12(20)6-16-5-4-15(7-17(16)8-18)11-19(9-13(2)21)10-14(3)22/h4-5,7,12-14,20-22H,6,8-11,18H2,1-3H3. The van der Waals surface area contributed by atoms with Gasteiger partial charge in [0, 0.05) is 26.2 Å². The second-order valence-electron chi connectivity index (χ2n) is 6.25. The lowest BCUT2D eigenvalue weighted by Crippen LogP contribution is -2.35. The molecule has 0 aromatic heterocycles. The molecule has 1 aromatic rings. The smallest absolute Gasteiger partial charge is 0.0639 e. The Kier molecular flexibility index (Phi) is 8.00. The Morgan fingerprint density at radius 2 is 1.55 bits per heavy atom. The lowest BCUT2D eigenvalue weighted by molar-refractivity contribution is 0.0794. The molecule has 0 fully saturated rings. The molecule has 0 heterocycles. The van der Waals surface area contributed by atoms with Gasteiger partial charge < -0.3 is 21.1 Å². The van der Waals surface area contributed by atoms with Crippen LogP contribution in [0.15, 0.2) is 18.2 Å². The lowest BCUT2D eigenvalue weighted by Gasteiger charge is -2.25. The number of nitrogens with two attached hydrogens (primary N) is 1. The molecule has 0 aliphatic carbocycles. The van der Waals surface area contributed by atoms with Gasteiger partial charge in [0.05, 0.1) is 18.3 Å². The quantitative estimate of drug-likeness (QED) is 0.537. The molecule has 1 rings (SSSR count). The van der Waals surface area contributed by atoms with Crippen molar-refractivity contribution < 1.29 is 15.3 Å². The molecule has 22 heavy (non-hydrogen) atoms. The molecule has 5 N–H and O–H groups in total. The van der Waals surface area contributed by atoms with E-state index in [1.807, 2.05) is 17.0 Å². The van der Waals surface area contributed by atoms with E-state index >= 15 is 0 Å². The summed E-state index contributed by atoms with van der Waals surface area (Å²) in [6.45, 7) is 7.36. The van der Waals surface area contributed by atoms with E-state index in [0.717, 1.165) is 16.7 Å². The van der Waals surface area contributed by atoms with E-state index in [0.29, 0.717) is 32.6 Å². The number of aliphatic hydroxyl groups is 3. The van der Waals surface area contributed by atoms with Gasteiger partial charge in [-0.3, -0.25) is 4.90 Å². The van der Waals surface area contributed by atoms with Crippen molar-refractivity contribution in [2.24, 2.45) is 5.73 Å². The van der Waals surface area contributed by atoms with Crippen molar-refractivity contribution in [1.82, 2.24) is 4.90 Å². The third-order valence-corrected chi connectivity index (χ3v) is 3.46. The molecule has 3 atom stereocenters. The van der Waals surface area contributed by atoms with Gasteiger partial charge in [0.25, 0.3) is 0 Å². The van der Waals surface area contributed by atoms with Crippen LogP contribution in [0.2, 0.25) is 0 Å². The van der Waals surface area contributed by atoms with Crippen LogP contribution in [0, 0.1) is 0 Å². The monoisotopic (exact) mass is 310 g/mol. The first kappa shape index (κ1) is 19.1. The lowest BCUT2D eigenvalue weighted by atomic mass is 9.99. The number of rotatable bonds is 9. The molecule has 0 aliphatic heterocycles. The fourth-order valence-electron chi connectivity index (χ4n) is 2.69. The van der Waals surface area contributed by atoms with Crippen LogP contribution < -0.4 is 5.73 Å². The SMILES string of the molecule is CC(O)Cc1ccc(CN(CC(C)O)CC(C)O)cc1CN. The molecule has 0 saturated heterocycles. The normalized spacial score (nSPS) is 15.8. The second kappa shape index (κ2) is 9.22. The van der Waals surface area contributed by atoms with E-state index in [1.165, 1.54) is 0 Å². The summed E-state index contributed by atoms with van der Waals surface area (Å²) in [5.41, 5.74) is 9.01. The van der Waals surface area contributed by atoms with E-state index < -0.39 is 18.3 Å². The van der Waals surface area contributed by atoms with Crippen LogP contribution in [0.5, 0.6) is 0 Å². The number of nitrogens with zero attached hydrogens (tertiary/aromatic N) is 1. The van der Waals surface area contributed by atoms with Crippen molar-refractivity contribution in [3.8, 4) is 0 Å². The maximum atomic E-state index is 9.59. The molecule has 0 spiro atoms. The van der Waals surface area contributed by atoms with Crippen molar-refractivity contribution in [2.45, 2.75) is 58.6 Å². The molecule has 1 aromatic carbocycles. The van der Waals surface area contributed by atoms with E-state index in [4.69, 9.17) is 5.73 Å². The van der Waals surface area contributed by atoms with Crippen LogP contribution in [-0.2, 0) is 19.5 Å². The van der Waals surface area contributed by atoms with Crippen LogP contribution in [0.1, 0.15) is 37.5 Å². The number of hydrogen-bond donors (Lipinski definition) is 4. The number of benzene rings is 1. The highest BCUT2D eigenvalue weighted by molar-refractivity contribution is 5.32. The minimum atomic E-state index is -0.442. The van der Waals surface area contributed by atoms with Crippen molar-refractivity contribution in [3.63, 3.8) is 0 Å². The largest absolute Gasteiger partial charge is 0.393 e. The third-order valence-electron chi connectivity index (χ3n) is 3.46. The Labute approximate surface area is 133 Å². The molecular weight excluding hydrogens is 280 g/mol. The van der Waals surface area contributed by atoms with Gasteiger partial charge in [0.15, 0.2) is 0 Å². The highest BCUT2D eigenvalue weighted by Crippen LogP contribution is 2.16. The summed E-state index contributed by atoms with van der Waals surface area (Å²) < 4.78 is 0. The predicted molar refractivity (Wildman–Crippen MR) is 88.4 cm³/mol. The van der Waals surface area contributed by atoms with Gasteiger partial charge in [-0.1, -0.05) is 18.2 Å². The van der Waals surface area contributed by atoms with Gasteiger partial charge in [-0.15, -0.1) is 0 Å². The summed E-state index contributed by atoms with van der Waals surface area (Å²) in [4.78, 5) is 2.03. The van der Waals surface area contributed by atoms with Gasteiger partial charge >= 0.3 is 0 Å². The molecule has 5 nitrogen and oxygen atoms in total. The Hall–Kier alpha value is -0.980. The minimum Gasteiger partial charge on any atom is -0.393 e. The van der Waals surface area contributed by atoms with Crippen LogP contribution in [-0.4, -0.2) is 51.6 Å². The fourth-order valence-corrected chi connectivity index (χ4v) is 2.69. The average Bonchev–Trinajstić information content (AvgIpc) is 2.38. The molecule has 0 amide bonds. The van der Waals surface area contributed by atoms with Crippen molar-refractivity contribution in [1.29, 1.82) is 0 Å². The topological polar surface area (TPSA) is 90.0 Å². The van der Waals surface area contributed by atoms with E-state index in [9.17, 15) is 15.3 Å². The first-order valence-electron chi connectivity index (χ1n) is 7.89. The van der Waals surface area contributed by atoms with Gasteiger partial charge in [0.2, 0.25) is 0 Å². The van der Waals surface area contributed by atoms with E-state index in [1.54, 1.807) is 20.8 Å². The summed E-state index contributed by atoms with van der Waals surface area (Å²) in [7, 11) is 0. The van der Waals surface area contributed by atoms with Gasteiger partial charge in [-0.25, -0.2) is 0 Å². The van der Waals surface area contributed by atoms with E-state index in [-0.39, 0.29) is 0 Å². The van der Waals surface area contributed by atoms with Crippen molar-refractivity contribution in [3.05, 3.63) is 34.9 Å². The second-order valence-corrected chi connectivity index (χ2v) is 6.25. The first-order chi connectivity index (χ1) is 10.3. The first-order valence-corrected chi connectivity index (χ1v) is 7.89. The van der Waals surface area contributed by atoms with Gasteiger partial charge in [-0.05, 0) is 43.9 Å². The van der Waals surface area contributed by atoms with Crippen LogP contribution in [0.4, 0.5) is 0 Å². The molecule has 126 valence electrons. The highest BCUT2D eigenvalue weighted by Gasteiger charge is 2.13. The zero-order valence-corrected chi connectivity index (χ0v) is 13.9. The third kappa shape index (κ3) is 6.85. The Balaban J connectivity index is 2.85. The molecule has 3 unspecified atom stereocenters. The Bertz CT molecular complexity index is 438. The number of aliphatic hydroxyl groups excluding tert-OH is 3. The zero-order valence-electron chi connectivity index (χ0n) is 13.9. The van der Waals surface area contributed by atoms with E-state index in [2.05, 4.69) is 6.07 Å². The highest BCUT2D eigenvalue weighted by atomic mass is 16.3. The maximum absolute atomic E-state index is 9.59. The zero-order chi connectivity index (χ0) is 16.7. The summed E-state index contributed by atoms with van der Waals surface area (Å²) in [6.07, 6.45) is -0.680. The number of hydrogen-bond acceptors (Lipinski definition) is 5. The molecule has 0 radical (unpaired) electrons. The summed E-state index contributed by atoms with van der Waals surface area (Å²) in [6, 6.07) is 6.08. The molecule has 0 bridgehead atoms. The maximum Gasteiger partial charge on any atom is 0.0639 e. The minimum absolute atomic E-state index is 0.391. The Morgan fingerprint density at radius 3 is 2.00 bits per heavy atom. The average molecular weight is 310 g/mol. The van der Waals surface area contributed by atoms with Gasteiger partial charge in [0.1, 0.15) is 0 Å². The van der Waals surface area contributed by atoms with Crippen molar-refractivity contribution in [2.75, 3.05) is 13.1 Å². The summed E-state index contributed by atoms with van der Waals surface area (Å²) >= 11 is 0.